The van der Waals surface area contributed by atoms with Gasteiger partial charge in [0.05, 0.1) is 10.9 Å². The third-order valence-corrected chi connectivity index (χ3v) is 6.36. The van der Waals surface area contributed by atoms with Gasteiger partial charge in [0.25, 0.3) is 0 Å². The summed E-state index contributed by atoms with van der Waals surface area (Å²) >= 11 is 0. The molecule has 6 heteroatoms. The molecule has 0 radical (unpaired) electrons. The van der Waals surface area contributed by atoms with E-state index in [-0.39, 0.29) is 5.54 Å². The van der Waals surface area contributed by atoms with Gasteiger partial charge in [0.2, 0.25) is 0 Å². The Hall–Kier alpha value is -2.60. The second kappa shape index (κ2) is 6.78. The molecule has 1 aliphatic heterocycles. The van der Waals surface area contributed by atoms with Crippen LogP contribution in [0.15, 0.2) is 30.7 Å². The molecule has 1 aromatic carbocycles. The fraction of sp³-hybridized carbons (Fsp3) is 0.455. The predicted octanol–water partition coefficient (Wildman–Crippen LogP) is 3.16. The summed E-state index contributed by atoms with van der Waals surface area (Å²) in [5, 5.41) is 4.79. The molecule has 1 atom stereocenters. The topological polar surface area (TPSA) is 82.9 Å². The Bertz CT molecular complexity index is 1010. The van der Waals surface area contributed by atoms with Crippen molar-refractivity contribution >= 4 is 22.5 Å². The van der Waals surface area contributed by atoms with E-state index in [1.165, 1.54) is 48.1 Å². The summed E-state index contributed by atoms with van der Waals surface area (Å²) < 4.78 is 0. The summed E-state index contributed by atoms with van der Waals surface area (Å²) in [5.41, 5.74) is 12.9. The van der Waals surface area contributed by atoms with Crippen LogP contribution in [0.4, 0.5) is 11.5 Å². The molecular formula is C22H28N6. The maximum absolute atomic E-state index is 6.81. The van der Waals surface area contributed by atoms with Crippen LogP contribution < -0.4 is 16.0 Å². The van der Waals surface area contributed by atoms with Gasteiger partial charge in [-0.25, -0.2) is 9.97 Å². The zero-order chi connectivity index (χ0) is 19.1. The Morgan fingerprint density at radius 2 is 2.14 bits per heavy atom. The van der Waals surface area contributed by atoms with Crippen molar-refractivity contribution in [1.29, 1.82) is 0 Å². The number of aromatic nitrogens is 3. The molecule has 1 unspecified atom stereocenters. The number of H-pyrrole nitrogens is 1. The molecule has 6 nitrogen and oxygen atoms in total. The number of benzene rings is 1. The van der Waals surface area contributed by atoms with Crippen LogP contribution in [0.3, 0.4) is 0 Å². The lowest BCUT2D eigenvalue weighted by Gasteiger charge is -2.28. The summed E-state index contributed by atoms with van der Waals surface area (Å²) in [6.07, 6.45) is 9.54. The highest BCUT2D eigenvalue weighted by atomic mass is 15.2. The predicted molar refractivity (Wildman–Crippen MR) is 114 cm³/mol. The van der Waals surface area contributed by atoms with Crippen LogP contribution in [0.5, 0.6) is 0 Å². The molecule has 5 rings (SSSR count). The Kier molecular flexibility index (Phi) is 4.23. The van der Waals surface area contributed by atoms with Gasteiger partial charge in [0, 0.05) is 31.5 Å². The van der Waals surface area contributed by atoms with Gasteiger partial charge >= 0.3 is 0 Å². The summed E-state index contributed by atoms with van der Waals surface area (Å²) in [7, 11) is 0. The quantitative estimate of drug-likeness (QED) is 0.651. The van der Waals surface area contributed by atoms with E-state index in [0.717, 1.165) is 42.9 Å². The van der Waals surface area contributed by atoms with Crippen LogP contribution in [-0.2, 0) is 12.8 Å². The van der Waals surface area contributed by atoms with Crippen LogP contribution in [0.25, 0.3) is 11.0 Å². The number of aryl methyl sites for hydroxylation is 2. The number of hydrogen-bond acceptors (Lipinski definition) is 5. The largest absolute Gasteiger partial charge is 0.383 e. The number of nitrogens with zero attached hydrogens (tertiary/aromatic N) is 3. The first-order chi connectivity index (χ1) is 13.6. The number of nitrogens with two attached hydrogens (primary N) is 1. The SMILES string of the molecule is Cc1c[nH]c2ncnc(N3CCC(N)(CNc4cccc5c4CCCC5)C3)c12. The fourth-order valence-electron chi connectivity index (χ4n) is 4.78. The lowest BCUT2D eigenvalue weighted by molar-refractivity contribution is 0.498. The molecule has 3 aromatic rings. The highest BCUT2D eigenvalue weighted by Crippen LogP contribution is 2.32. The van der Waals surface area contributed by atoms with E-state index in [4.69, 9.17) is 5.73 Å². The van der Waals surface area contributed by atoms with Crippen LogP contribution >= 0.6 is 0 Å². The minimum atomic E-state index is -0.265. The van der Waals surface area contributed by atoms with Crippen molar-refractivity contribution in [1.82, 2.24) is 15.0 Å². The van der Waals surface area contributed by atoms with Crippen LogP contribution in [0.2, 0.25) is 0 Å². The van der Waals surface area contributed by atoms with Gasteiger partial charge in [-0.1, -0.05) is 12.1 Å². The second-order valence-electron chi connectivity index (χ2n) is 8.43. The van der Waals surface area contributed by atoms with Crippen molar-refractivity contribution in [2.45, 2.75) is 44.6 Å². The molecule has 1 saturated heterocycles. The van der Waals surface area contributed by atoms with E-state index in [2.05, 4.69) is 50.3 Å². The van der Waals surface area contributed by atoms with Crippen LogP contribution in [0.1, 0.15) is 36.0 Å². The third-order valence-electron chi connectivity index (χ3n) is 6.36. The molecule has 0 bridgehead atoms. The molecule has 28 heavy (non-hydrogen) atoms. The molecule has 4 N–H and O–H groups in total. The maximum Gasteiger partial charge on any atom is 0.143 e. The third kappa shape index (κ3) is 3.02. The monoisotopic (exact) mass is 376 g/mol. The normalized spacial score (nSPS) is 21.9. The van der Waals surface area contributed by atoms with E-state index in [0.29, 0.717) is 0 Å². The molecule has 3 heterocycles. The Morgan fingerprint density at radius 1 is 1.25 bits per heavy atom. The summed E-state index contributed by atoms with van der Waals surface area (Å²) in [4.78, 5) is 14.5. The Balaban J connectivity index is 1.33. The van der Waals surface area contributed by atoms with Gasteiger partial charge in [-0.3, -0.25) is 0 Å². The maximum atomic E-state index is 6.81. The van der Waals surface area contributed by atoms with Crippen molar-refractivity contribution in [2.24, 2.45) is 5.73 Å². The lowest BCUT2D eigenvalue weighted by atomic mass is 9.90. The number of fused-ring (bicyclic) bond motifs is 2. The van der Waals surface area contributed by atoms with Crippen molar-refractivity contribution in [2.75, 3.05) is 29.9 Å². The number of hydrogen-bond donors (Lipinski definition) is 3. The number of nitrogens with one attached hydrogen (secondary N) is 2. The fourth-order valence-corrected chi connectivity index (χ4v) is 4.78. The van der Waals surface area contributed by atoms with Gasteiger partial charge in [-0.2, -0.15) is 0 Å². The van der Waals surface area contributed by atoms with Crippen molar-refractivity contribution in [3.8, 4) is 0 Å². The smallest absolute Gasteiger partial charge is 0.143 e. The molecule has 146 valence electrons. The van der Waals surface area contributed by atoms with Gasteiger partial charge in [-0.05, 0) is 61.8 Å². The first-order valence-corrected chi connectivity index (χ1v) is 10.3. The summed E-state index contributed by atoms with van der Waals surface area (Å²) in [5.74, 6) is 0.994. The van der Waals surface area contributed by atoms with Gasteiger partial charge in [0.1, 0.15) is 17.8 Å². The van der Waals surface area contributed by atoms with Gasteiger partial charge < -0.3 is 20.9 Å². The standard InChI is InChI=1S/C22H28N6/c1-15-11-24-20-19(15)21(27-14-26-20)28-10-9-22(23,13-28)12-25-18-8-4-6-16-5-2-3-7-17(16)18/h4,6,8,11,14,25H,2-3,5,7,9-10,12-13,23H2,1H3,(H,24,26,27). The van der Waals surface area contributed by atoms with Crippen molar-refractivity contribution < 1.29 is 0 Å². The molecule has 1 aliphatic carbocycles. The molecule has 0 amide bonds. The van der Waals surface area contributed by atoms with Crippen LogP contribution in [0, 0.1) is 6.92 Å². The molecule has 0 spiro atoms. The molecule has 2 aromatic heterocycles. The van der Waals surface area contributed by atoms with Crippen molar-refractivity contribution in [3.63, 3.8) is 0 Å². The lowest BCUT2D eigenvalue weighted by Crippen LogP contribution is -2.48. The number of aromatic amines is 1. The zero-order valence-corrected chi connectivity index (χ0v) is 16.5. The molecule has 1 fully saturated rings. The van der Waals surface area contributed by atoms with E-state index < -0.39 is 0 Å². The Morgan fingerprint density at radius 3 is 3.07 bits per heavy atom. The Labute approximate surface area is 165 Å². The van der Waals surface area contributed by atoms with E-state index in [1.54, 1.807) is 6.33 Å². The van der Waals surface area contributed by atoms with Crippen LogP contribution in [-0.4, -0.2) is 40.1 Å². The second-order valence-corrected chi connectivity index (χ2v) is 8.43. The average molecular weight is 377 g/mol. The summed E-state index contributed by atoms with van der Waals surface area (Å²) in [6.45, 7) is 4.59. The first kappa shape index (κ1) is 17.5. The zero-order valence-electron chi connectivity index (χ0n) is 16.5. The van der Waals surface area contributed by atoms with Gasteiger partial charge in [-0.15, -0.1) is 0 Å². The highest BCUT2D eigenvalue weighted by Gasteiger charge is 2.36. The van der Waals surface area contributed by atoms with E-state index >= 15 is 0 Å². The highest BCUT2D eigenvalue weighted by molar-refractivity contribution is 5.90. The average Bonchev–Trinajstić information content (AvgIpc) is 3.30. The van der Waals surface area contributed by atoms with E-state index in [1.807, 2.05) is 6.20 Å². The summed E-state index contributed by atoms with van der Waals surface area (Å²) in [6, 6.07) is 6.65. The number of anilines is 2. The molecule has 2 aliphatic rings. The molecular weight excluding hydrogens is 348 g/mol. The number of rotatable bonds is 4. The minimum Gasteiger partial charge on any atom is -0.383 e. The van der Waals surface area contributed by atoms with Crippen molar-refractivity contribution in [3.05, 3.63) is 47.4 Å². The minimum absolute atomic E-state index is 0.265. The van der Waals surface area contributed by atoms with Gasteiger partial charge in [0.15, 0.2) is 0 Å². The van der Waals surface area contributed by atoms with E-state index in [9.17, 15) is 0 Å². The first-order valence-electron chi connectivity index (χ1n) is 10.3. The molecule has 0 saturated carbocycles.